The van der Waals surface area contributed by atoms with Crippen LogP contribution in [-0.4, -0.2) is 41.8 Å². The monoisotopic (exact) mass is 345 g/mol. The molecule has 6 nitrogen and oxygen atoms in total. The zero-order valence-corrected chi connectivity index (χ0v) is 14.3. The van der Waals surface area contributed by atoms with Gasteiger partial charge >= 0.3 is 0 Å². The molecule has 0 spiro atoms. The lowest BCUT2D eigenvalue weighted by atomic mass is 10.1. The Bertz CT molecular complexity index is 738. The Hall–Kier alpha value is -2.25. The molecule has 1 aliphatic rings. The second-order valence-electron chi connectivity index (χ2n) is 5.86. The topological polar surface area (TPSA) is 66.7 Å². The molecule has 0 atom stereocenters. The number of carbonyl (C=O) groups excluding carboxylic acids is 1. The van der Waals surface area contributed by atoms with E-state index in [2.05, 4.69) is 22.4 Å². The summed E-state index contributed by atoms with van der Waals surface area (Å²) in [5, 5.41) is 13.4. The molecule has 126 valence electrons. The van der Waals surface area contributed by atoms with E-state index in [0.717, 1.165) is 32.7 Å². The molecular formula is C17H19N3O3S. The summed E-state index contributed by atoms with van der Waals surface area (Å²) in [6.07, 6.45) is 0. The van der Waals surface area contributed by atoms with Crippen LogP contribution in [0.4, 0.5) is 11.4 Å². The van der Waals surface area contributed by atoms with Gasteiger partial charge in [-0.1, -0.05) is 6.07 Å². The molecule has 1 aromatic carbocycles. The average Bonchev–Trinajstić information content (AvgIpc) is 3.08. The summed E-state index contributed by atoms with van der Waals surface area (Å²) in [4.78, 5) is 28.2. The highest BCUT2D eigenvalue weighted by atomic mass is 32.1. The van der Waals surface area contributed by atoms with Gasteiger partial charge in [-0.3, -0.25) is 19.8 Å². The predicted octanol–water partition coefficient (Wildman–Crippen LogP) is 3.18. The number of anilines is 1. The van der Waals surface area contributed by atoms with E-state index >= 15 is 0 Å². The Morgan fingerprint density at radius 3 is 2.58 bits per heavy atom. The molecule has 3 rings (SSSR count). The SMILES string of the molecule is CC(=O)c1ccc(N2CCN(Cc3cccs3)CC2)c([N+](=O)[O-])c1. The van der Waals surface area contributed by atoms with Gasteiger partial charge in [0.15, 0.2) is 5.78 Å². The third kappa shape index (κ3) is 3.63. The van der Waals surface area contributed by atoms with Gasteiger partial charge in [-0.25, -0.2) is 0 Å². The van der Waals surface area contributed by atoms with E-state index in [4.69, 9.17) is 0 Å². The first-order valence-corrected chi connectivity index (χ1v) is 8.71. The van der Waals surface area contributed by atoms with E-state index in [-0.39, 0.29) is 11.5 Å². The van der Waals surface area contributed by atoms with Crippen molar-refractivity contribution >= 4 is 28.5 Å². The zero-order chi connectivity index (χ0) is 17.1. The lowest BCUT2D eigenvalue weighted by Crippen LogP contribution is -2.46. The standard InChI is InChI=1S/C17H19N3O3S/c1-13(21)14-4-5-16(17(11-14)20(22)23)19-8-6-18(7-9-19)12-15-3-2-10-24-15/h2-5,10-11H,6-9,12H2,1H3. The number of nitro benzene ring substituents is 1. The van der Waals surface area contributed by atoms with E-state index < -0.39 is 4.92 Å². The van der Waals surface area contributed by atoms with Gasteiger partial charge in [0.2, 0.25) is 0 Å². The van der Waals surface area contributed by atoms with Crippen molar-refractivity contribution in [2.75, 3.05) is 31.1 Å². The van der Waals surface area contributed by atoms with Crippen LogP contribution in [0, 0.1) is 10.1 Å². The minimum atomic E-state index is -0.403. The Morgan fingerprint density at radius 2 is 2.00 bits per heavy atom. The molecule has 7 heteroatoms. The molecule has 0 bridgehead atoms. The quantitative estimate of drug-likeness (QED) is 0.473. The van der Waals surface area contributed by atoms with Gasteiger partial charge in [0, 0.05) is 49.2 Å². The molecule has 1 saturated heterocycles. The highest BCUT2D eigenvalue weighted by Gasteiger charge is 2.24. The lowest BCUT2D eigenvalue weighted by molar-refractivity contribution is -0.384. The second kappa shape index (κ2) is 7.11. The van der Waals surface area contributed by atoms with E-state index in [9.17, 15) is 14.9 Å². The maximum Gasteiger partial charge on any atom is 0.293 e. The normalized spacial score (nSPS) is 15.5. The fourth-order valence-corrected chi connectivity index (χ4v) is 3.67. The summed E-state index contributed by atoms with van der Waals surface area (Å²) in [7, 11) is 0. The molecule has 1 aliphatic heterocycles. The van der Waals surface area contributed by atoms with Crippen molar-refractivity contribution < 1.29 is 9.72 Å². The summed E-state index contributed by atoms with van der Waals surface area (Å²) in [6, 6.07) is 8.93. The fourth-order valence-electron chi connectivity index (χ4n) is 2.93. The summed E-state index contributed by atoms with van der Waals surface area (Å²) in [5.41, 5.74) is 0.983. The number of piperazine rings is 1. The average molecular weight is 345 g/mol. The number of benzene rings is 1. The van der Waals surface area contributed by atoms with Crippen LogP contribution >= 0.6 is 11.3 Å². The number of ketones is 1. The summed E-state index contributed by atoms with van der Waals surface area (Å²) in [6.45, 7) is 5.56. The van der Waals surface area contributed by atoms with Crippen LogP contribution < -0.4 is 4.90 Å². The van der Waals surface area contributed by atoms with Gasteiger partial charge in [0.05, 0.1) is 4.92 Å². The number of rotatable bonds is 5. The molecule has 0 radical (unpaired) electrons. The fraction of sp³-hybridized carbons (Fsp3) is 0.353. The van der Waals surface area contributed by atoms with Crippen LogP contribution in [0.2, 0.25) is 0 Å². The number of nitrogens with zero attached hydrogens (tertiary/aromatic N) is 3. The Balaban J connectivity index is 1.71. The molecule has 0 amide bonds. The molecule has 2 aromatic rings. The van der Waals surface area contributed by atoms with Crippen molar-refractivity contribution in [3.8, 4) is 0 Å². The largest absolute Gasteiger partial charge is 0.363 e. The first-order chi connectivity index (χ1) is 11.5. The second-order valence-corrected chi connectivity index (χ2v) is 6.89. The number of nitro groups is 1. The number of hydrogen-bond donors (Lipinski definition) is 0. The van der Waals surface area contributed by atoms with E-state index in [1.165, 1.54) is 17.9 Å². The smallest absolute Gasteiger partial charge is 0.293 e. The first kappa shape index (κ1) is 16.6. The highest BCUT2D eigenvalue weighted by Crippen LogP contribution is 2.30. The summed E-state index contributed by atoms with van der Waals surface area (Å²) >= 11 is 1.75. The number of thiophene rings is 1. The summed E-state index contributed by atoms with van der Waals surface area (Å²) in [5.74, 6) is -0.162. The predicted molar refractivity (Wildman–Crippen MR) is 94.9 cm³/mol. The third-order valence-corrected chi connectivity index (χ3v) is 5.11. The van der Waals surface area contributed by atoms with Crippen LogP contribution in [0.15, 0.2) is 35.7 Å². The van der Waals surface area contributed by atoms with Gasteiger partial charge in [0.25, 0.3) is 5.69 Å². The van der Waals surface area contributed by atoms with E-state index in [1.807, 2.05) is 4.90 Å². The Morgan fingerprint density at radius 1 is 1.25 bits per heavy atom. The van der Waals surface area contributed by atoms with Crippen molar-refractivity contribution in [2.45, 2.75) is 13.5 Å². The number of carbonyl (C=O) groups is 1. The molecule has 0 unspecified atom stereocenters. The van der Waals surface area contributed by atoms with Crippen molar-refractivity contribution in [3.05, 3.63) is 56.3 Å². The van der Waals surface area contributed by atoms with Crippen molar-refractivity contribution in [3.63, 3.8) is 0 Å². The van der Waals surface area contributed by atoms with Crippen LogP contribution in [0.25, 0.3) is 0 Å². The highest BCUT2D eigenvalue weighted by molar-refractivity contribution is 7.09. The number of Topliss-reactive ketones (excluding diaryl/α,β-unsaturated/α-hetero) is 1. The number of hydrogen-bond acceptors (Lipinski definition) is 6. The van der Waals surface area contributed by atoms with Gasteiger partial charge in [0.1, 0.15) is 5.69 Å². The lowest BCUT2D eigenvalue weighted by Gasteiger charge is -2.35. The summed E-state index contributed by atoms with van der Waals surface area (Å²) < 4.78 is 0. The van der Waals surface area contributed by atoms with Crippen LogP contribution in [0.5, 0.6) is 0 Å². The molecule has 1 fully saturated rings. The van der Waals surface area contributed by atoms with Crippen LogP contribution in [-0.2, 0) is 6.54 Å². The zero-order valence-electron chi connectivity index (χ0n) is 13.5. The molecule has 1 aromatic heterocycles. The van der Waals surface area contributed by atoms with Crippen molar-refractivity contribution in [1.82, 2.24) is 4.90 Å². The maximum absolute atomic E-state index is 11.5. The first-order valence-electron chi connectivity index (χ1n) is 7.83. The Labute approximate surface area is 144 Å². The van der Waals surface area contributed by atoms with Gasteiger partial charge in [-0.15, -0.1) is 11.3 Å². The molecular weight excluding hydrogens is 326 g/mol. The maximum atomic E-state index is 11.5. The molecule has 0 aliphatic carbocycles. The molecule has 24 heavy (non-hydrogen) atoms. The minimum Gasteiger partial charge on any atom is -0.363 e. The van der Waals surface area contributed by atoms with Crippen LogP contribution in [0.3, 0.4) is 0 Å². The van der Waals surface area contributed by atoms with Crippen molar-refractivity contribution in [2.24, 2.45) is 0 Å². The van der Waals surface area contributed by atoms with Crippen LogP contribution in [0.1, 0.15) is 22.2 Å². The van der Waals surface area contributed by atoms with Gasteiger partial charge in [-0.2, -0.15) is 0 Å². The van der Waals surface area contributed by atoms with Crippen molar-refractivity contribution in [1.29, 1.82) is 0 Å². The molecule has 2 heterocycles. The van der Waals surface area contributed by atoms with Gasteiger partial charge in [-0.05, 0) is 30.5 Å². The minimum absolute atomic E-state index is 0.00871. The van der Waals surface area contributed by atoms with Gasteiger partial charge < -0.3 is 4.90 Å². The van der Waals surface area contributed by atoms with E-state index in [0.29, 0.717) is 11.3 Å². The van der Waals surface area contributed by atoms with E-state index in [1.54, 1.807) is 23.5 Å². The molecule has 0 N–H and O–H groups in total. The third-order valence-electron chi connectivity index (χ3n) is 4.25. The Kier molecular flexibility index (Phi) is 4.92. The molecule has 0 saturated carbocycles.